The standard InChI is InChI=1S/C21H28N4O4/c1-27-17-5-2-4-16(12-17)25-9-7-24(8-10-25)14-20-23-19(15-29-20)21(26)22-13-18-6-3-11-28-18/h2,4-5,12,15,18H,3,6-11,13-14H2,1H3,(H,22,26). The normalized spacial score (nSPS) is 20.0. The summed E-state index contributed by atoms with van der Waals surface area (Å²) in [6.45, 7) is 5.55. The number of ether oxygens (including phenoxy) is 2. The number of piperazine rings is 1. The number of aromatic nitrogens is 1. The second kappa shape index (κ2) is 9.28. The van der Waals surface area contributed by atoms with Gasteiger partial charge in [0.15, 0.2) is 5.69 Å². The number of rotatable bonds is 7. The molecule has 2 aromatic rings. The summed E-state index contributed by atoms with van der Waals surface area (Å²) in [5, 5.41) is 2.87. The van der Waals surface area contributed by atoms with Crippen molar-refractivity contribution in [3.8, 4) is 5.75 Å². The van der Waals surface area contributed by atoms with Gasteiger partial charge in [-0.15, -0.1) is 0 Å². The van der Waals surface area contributed by atoms with Crippen molar-refractivity contribution in [2.45, 2.75) is 25.5 Å². The maximum absolute atomic E-state index is 12.2. The minimum atomic E-state index is -0.210. The van der Waals surface area contributed by atoms with Gasteiger partial charge in [-0.3, -0.25) is 9.69 Å². The molecule has 29 heavy (non-hydrogen) atoms. The molecular formula is C21H28N4O4. The number of nitrogens with one attached hydrogen (secondary N) is 1. The molecule has 2 aliphatic rings. The molecule has 4 rings (SSSR count). The smallest absolute Gasteiger partial charge is 0.273 e. The van der Waals surface area contributed by atoms with Crippen molar-refractivity contribution in [3.05, 3.63) is 42.1 Å². The maximum Gasteiger partial charge on any atom is 0.273 e. The van der Waals surface area contributed by atoms with Crippen LogP contribution in [0.1, 0.15) is 29.2 Å². The molecule has 8 nitrogen and oxygen atoms in total. The number of benzene rings is 1. The van der Waals surface area contributed by atoms with Crippen molar-refractivity contribution in [2.24, 2.45) is 0 Å². The van der Waals surface area contributed by atoms with E-state index in [0.29, 0.717) is 24.7 Å². The van der Waals surface area contributed by atoms with Gasteiger partial charge in [-0.1, -0.05) is 6.07 Å². The Morgan fingerprint density at radius 2 is 2.17 bits per heavy atom. The predicted molar refractivity (Wildman–Crippen MR) is 108 cm³/mol. The number of nitrogens with zero attached hydrogens (tertiary/aromatic N) is 3. The fourth-order valence-corrected chi connectivity index (χ4v) is 3.75. The molecule has 156 valence electrons. The number of hydrogen-bond acceptors (Lipinski definition) is 7. The highest BCUT2D eigenvalue weighted by atomic mass is 16.5. The molecule has 1 amide bonds. The summed E-state index contributed by atoms with van der Waals surface area (Å²) in [4.78, 5) is 21.2. The Hall–Kier alpha value is -2.58. The molecule has 0 saturated carbocycles. The SMILES string of the molecule is COc1cccc(N2CCN(Cc3nc(C(=O)NCC4CCCO4)co3)CC2)c1. The summed E-state index contributed by atoms with van der Waals surface area (Å²) in [6.07, 6.45) is 3.60. The second-order valence-corrected chi connectivity index (χ2v) is 7.44. The van der Waals surface area contributed by atoms with Gasteiger partial charge in [0.2, 0.25) is 5.89 Å². The Bertz CT molecular complexity index is 811. The van der Waals surface area contributed by atoms with Crippen molar-refractivity contribution in [1.29, 1.82) is 0 Å². The van der Waals surface area contributed by atoms with Gasteiger partial charge in [-0.25, -0.2) is 4.98 Å². The second-order valence-electron chi connectivity index (χ2n) is 7.44. The third kappa shape index (κ3) is 5.07. The Morgan fingerprint density at radius 1 is 1.31 bits per heavy atom. The molecule has 8 heteroatoms. The van der Waals surface area contributed by atoms with E-state index in [0.717, 1.165) is 51.4 Å². The quantitative estimate of drug-likeness (QED) is 0.760. The van der Waals surface area contributed by atoms with E-state index in [4.69, 9.17) is 13.9 Å². The van der Waals surface area contributed by atoms with Crippen LogP contribution in [0.25, 0.3) is 0 Å². The van der Waals surface area contributed by atoms with Gasteiger partial charge in [0.1, 0.15) is 12.0 Å². The minimum absolute atomic E-state index is 0.117. The number of hydrogen-bond donors (Lipinski definition) is 1. The van der Waals surface area contributed by atoms with Crippen LogP contribution in [0.15, 0.2) is 34.9 Å². The molecule has 0 spiro atoms. The molecule has 1 aromatic carbocycles. The monoisotopic (exact) mass is 400 g/mol. The van der Waals surface area contributed by atoms with E-state index in [1.165, 1.54) is 12.0 Å². The van der Waals surface area contributed by atoms with E-state index in [1.807, 2.05) is 12.1 Å². The summed E-state index contributed by atoms with van der Waals surface area (Å²) in [5.41, 5.74) is 1.50. The number of amides is 1. The van der Waals surface area contributed by atoms with Gasteiger partial charge in [-0.05, 0) is 25.0 Å². The van der Waals surface area contributed by atoms with Gasteiger partial charge in [0.05, 0.1) is 19.8 Å². The highest BCUT2D eigenvalue weighted by Gasteiger charge is 2.21. The molecule has 0 radical (unpaired) electrons. The average Bonchev–Trinajstić information content (AvgIpc) is 3.45. The summed E-state index contributed by atoms with van der Waals surface area (Å²) in [5.74, 6) is 1.23. The molecular weight excluding hydrogens is 372 g/mol. The maximum atomic E-state index is 12.2. The lowest BCUT2D eigenvalue weighted by molar-refractivity contribution is 0.0853. The molecule has 1 atom stereocenters. The number of anilines is 1. The van der Waals surface area contributed by atoms with Crippen LogP contribution in [0, 0.1) is 0 Å². The van der Waals surface area contributed by atoms with Gasteiger partial charge in [0, 0.05) is 51.1 Å². The van der Waals surface area contributed by atoms with E-state index in [1.54, 1.807) is 7.11 Å². The molecule has 0 bridgehead atoms. The van der Waals surface area contributed by atoms with E-state index in [2.05, 4.69) is 32.2 Å². The molecule has 1 aromatic heterocycles. The van der Waals surface area contributed by atoms with E-state index in [-0.39, 0.29) is 12.0 Å². The number of methoxy groups -OCH3 is 1. The van der Waals surface area contributed by atoms with Crippen LogP contribution < -0.4 is 15.0 Å². The lowest BCUT2D eigenvalue weighted by Gasteiger charge is -2.35. The summed E-state index contributed by atoms with van der Waals surface area (Å²) in [6, 6.07) is 8.13. The van der Waals surface area contributed by atoms with E-state index >= 15 is 0 Å². The summed E-state index contributed by atoms with van der Waals surface area (Å²) >= 11 is 0. The van der Waals surface area contributed by atoms with Crippen LogP contribution in [0.4, 0.5) is 5.69 Å². The zero-order valence-corrected chi connectivity index (χ0v) is 16.8. The first kappa shape index (κ1) is 19.7. The Labute approximate surface area is 170 Å². The Kier molecular flexibility index (Phi) is 6.31. The summed E-state index contributed by atoms with van der Waals surface area (Å²) < 4.78 is 16.4. The lowest BCUT2D eigenvalue weighted by atomic mass is 10.2. The first-order chi connectivity index (χ1) is 14.2. The summed E-state index contributed by atoms with van der Waals surface area (Å²) in [7, 11) is 1.68. The Morgan fingerprint density at radius 3 is 2.93 bits per heavy atom. The zero-order valence-electron chi connectivity index (χ0n) is 16.8. The topological polar surface area (TPSA) is 80.1 Å². The minimum Gasteiger partial charge on any atom is -0.497 e. The van der Waals surface area contributed by atoms with Gasteiger partial charge in [0.25, 0.3) is 5.91 Å². The number of carbonyl (C=O) groups excluding carboxylic acids is 1. The van der Waals surface area contributed by atoms with Crippen molar-refractivity contribution < 1.29 is 18.7 Å². The zero-order chi connectivity index (χ0) is 20.1. The molecule has 1 N–H and O–H groups in total. The number of oxazole rings is 1. The van der Waals surface area contributed by atoms with Crippen LogP contribution >= 0.6 is 0 Å². The molecule has 3 heterocycles. The van der Waals surface area contributed by atoms with Crippen LogP contribution in [-0.4, -0.2) is 68.3 Å². The highest BCUT2D eigenvalue weighted by molar-refractivity contribution is 5.91. The fraction of sp³-hybridized carbons (Fsp3) is 0.524. The molecule has 1 unspecified atom stereocenters. The molecule has 2 fully saturated rings. The lowest BCUT2D eigenvalue weighted by Crippen LogP contribution is -2.46. The molecule has 2 saturated heterocycles. The highest BCUT2D eigenvalue weighted by Crippen LogP contribution is 2.22. The first-order valence-corrected chi connectivity index (χ1v) is 10.2. The van der Waals surface area contributed by atoms with Gasteiger partial charge < -0.3 is 24.1 Å². The van der Waals surface area contributed by atoms with Crippen LogP contribution in [0.5, 0.6) is 5.75 Å². The predicted octanol–water partition coefficient (Wildman–Crippen LogP) is 1.91. The fourth-order valence-electron chi connectivity index (χ4n) is 3.75. The van der Waals surface area contributed by atoms with Crippen molar-refractivity contribution in [1.82, 2.24) is 15.2 Å². The van der Waals surface area contributed by atoms with Gasteiger partial charge >= 0.3 is 0 Å². The molecule has 0 aliphatic carbocycles. The third-order valence-corrected chi connectivity index (χ3v) is 5.45. The largest absolute Gasteiger partial charge is 0.497 e. The van der Waals surface area contributed by atoms with Crippen molar-refractivity contribution in [2.75, 3.05) is 51.3 Å². The third-order valence-electron chi connectivity index (χ3n) is 5.45. The average molecular weight is 400 g/mol. The van der Waals surface area contributed by atoms with Crippen molar-refractivity contribution >= 4 is 11.6 Å². The van der Waals surface area contributed by atoms with Crippen LogP contribution in [0.2, 0.25) is 0 Å². The van der Waals surface area contributed by atoms with E-state index in [9.17, 15) is 4.79 Å². The van der Waals surface area contributed by atoms with E-state index < -0.39 is 0 Å². The van der Waals surface area contributed by atoms with Gasteiger partial charge in [-0.2, -0.15) is 0 Å². The molecule has 2 aliphatic heterocycles. The van der Waals surface area contributed by atoms with Crippen molar-refractivity contribution in [3.63, 3.8) is 0 Å². The van der Waals surface area contributed by atoms with Crippen LogP contribution in [0.3, 0.4) is 0 Å². The Balaban J connectivity index is 1.24. The number of carbonyl (C=O) groups is 1. The first-order valence-electron chi connectivity index (χ1n) is 10.2. The van der Waals surface area contributed by atoms with Crippen LogP contribution in [-0.2, 0) is 11.3 Å².